The maximum atomic E-state index is 6.27. The molecule has 0 saturated carbocycles. The van der Waals surface area contributed by atoms with E-state index in [4.69, 9.17) is 44.3 Å². The van der Waals surface area contributed by atoms with Crippen molar-refractivity contribution in [1.29, 1.82) is 0 Å². The van der Waals surface area contributed by atoms with E-state index in [1.54, 1.807) is 30.6 Å². The highest BCUT2D eigenvalue weighted by atomic mass is 35.5. The van der Waals surface area contributed by atoms with Crippen LogP contribution in [0.2, 0.25) is 15.3 Å². The van der Waals surface area contributed by atoms with Crippen molar-refractivity contribution in [2.45, 2.75) is 0 Å². The Balaban J connectivity index is 2.45. The lowest BCUT2D eigenvalue weighted by Crippen LogP contribution is -1.92. The van der Waals surface area contributed by atoms with Gasteiger partial charge in [0.15, 0.2) is 0 Å². The van der Waals surface area contributed by atoms with Gasteiger partial charge in [-0.05, 0) is 11.6 Å². The van der Waals surface area contributed by atoms with Crippen LogP contribution in [0.1, 0.15) is 11.1 Å². The van der Waals surface area contributed by atoms with E-state index in [9.17, 15) is 0 Å². The molecule has 0 fully saturated rings. The average Bonchev–Trinajstić information content (AvgIpc) is 2.49. The predicted octanol–water partition coefficient (Wildman–Crippen LogP) is 4.62. The minimum absolute atomic E-state index is 0.186. The van der Waals surface area contributed by atoms with Gasteiger partial charge in [-0.25, -0.2) is 9.97 Å². The van der Waals surface area contributed by atoms with Gasteiger partial charge in [-0.1, -0.05) is 35.4 Å². The molecule has 0 aliphatic carbocycles. The highest BCUT2D eigenvalue weighted by Crippen LogP contribution is 2.41. The molecule has 2 rings (SSSR count). The third kappa shape index (κ3) is 3.59. The summed E-state index contributed by atoms with van der Waals surface area (Å²) < 4.78 is 10.4. The first kappa shape index (κ1) is 15.9. The molecule has 7 heteroatoms. The molecule has 0 N–H and O–H groups in total. The first-order valence-electron chi connectivity index (χ1n) is 5.82. The molecule has 0 unspecified atom stereocenters. The van der Waals surface area contributed by atoms with Crippen LogP contribution in [0.15, 0.2) is 18.5 Å². The number of benzene rings is 1. The maximum absolute atomic E-state index is 6.27. The Morgan fingerprint density at radius 1 is 0.905 bits per heavy atom. The van der Waals surface area contributed by atoms with E-state index in [2.05, 4.69) is 9.97 Å². The lowest BCUT2D eigenvalue weighted by Gasteiger charge is -2.12. The Morgan fingerprint density at radius 3 is 1.90 bits per heavy atom. The monoisotopic (exact) mass is 344 g/mol. The van der Waals surface area contributed by atoms with Crippen molar-refractivity contribution in [2.24, 2.45) is 0 Å². The second-order valence-electron chi connectivity index (χ2n) is 3.94. The van der Waals surface area contributed by atoms with Gasteiger partial charge in [-0.2, -0.15) is 0 Å². The summed E-state index contributed by atoms with van der Waals surface area (Å²) in [7, 11) is 3.05. The fraction of sp³-hybridized carbons (Fsp3) is 0.143. The maximum Gasteiger partial charge on any atom is 0.222 e. The second-order valence-corrected chi connectivity index (χ2v) is 5.04. The summed E-state index contributed by atoms with van der Waals surface area (Å²) in [6, 6.07) is 1.63. The Hall–Kier alpha value is -1.49. The van der Waals surface area contributed by atoms with Gasteiger partial charge >= 0.3 is 0 Å². The fourth-order valence-electron chi connectivity index (χ4n) is 1.64. The van der Waals surface area contributed by atoms with Crippen LogP contribution >= 0.6 is 34.8 Å². The van der Waals surface area contributed by atoms with Gasteiger partial charge in [0, 0.05) is 29.6 Å². The van der Waals surface area contributed by atoms with E-state index in [1.165, 1.54) is 14.2 Å². The van der Waals surface area contributed by atoms with Crippen molar-refractivity contribution in [3.05, 3.63) is 44.9 Å². The molecule has 2 aromatic rings. The number of hydrogen-bond donors (Lipinski definition) is 0. The minimum atomic E-state index is 0.186. The third-order valence-electron chi connectivity index (χ3n) is 2.69. The van der Waals surface area contributed by atoms with Crippen LogP contribution in [0.5, 0.6) is 11.5 Å². The molecule has 0 atom stereocenters. The van der Waals surface area contributed by atoms with Crippen LogP contribution in [0, 0.1) is 0 Å². The molecule has 21 heavy (non-hydrogen) atoms. The normalized spacial score (nSPS) is 10.9. The Bertz CT molecular complexity index is 645. The highest BCUT2D eigenvalue weighted by Gasteiger charge is 2.15. The smallest absolute Gasteiger partial charge is 0.222 e. The molecule has 0 saturated heterocycles. The van der Waals surface area contributed by atoms with E-state index in [0.717, 1.165) is 5.56 Å². The quantitative estimate of drug-likeness (QED) is 0.758. The molecule has 0 radical (unpaired) electrons. The molecular weight excluding hydrogens is 335 g/mol. The van der Waals surface area contributed by atoms with Crippen LogP contribution in [0.25, 0.3) is 12.2 Å². The zero-order valence-electron chi connectivity index (χ0n) is 11.2. The Morgan fingerprint density at radius 2 is 1.43 bits per heavy atom. The van der Waals surface area contributed by atoms with Gasteiger partial charge in [0.1, 0.15) is 11.5 Å². The molecule has 4 nitrogen and oxygen atoms in total. The van der Waals surface area contributed by atoms with Crippen molar-refractivity contribution in [1.82, 2.24) is 9.97 Å². The third-order valence-corrected chi connectivity index (χ3v) is 3.67. The lowest BCUT2D eigenvalue weighted by molar-refractivity contribution is 0.394. The van der Waals surface area contributed by atoms with Crippen molar-refractivity contribution >= 4 is 47.0 Å². The largest absolute Gasteiger partial charge is 0.495 e. The summed E-state index contributed by atoms with van der Waals surface area (Å²) in [5.41, 5.74) is 1.35. The number of halogens is 3. The minimum Gasteiger partial charge on any atom is -0.495 e. The Labute approximate surface area is 137 Å². The second kappa shape index (κ2) is 6.98. The zero-order valence-corrected chi connectivity index (χ0v) is 13.5. The van der Waals surface area contributed by atoms with Crippen LogP contribution in [-0.2, 0) is 0 Å². The van der Waals surface area contributed by atoms with Crippen LogP contribution in [0.4, 0.5) is 0 Å². The standard InChI is InChI=1S/C14H11Cl3N2O2/c1-20-10-5-11(21-2)13(16)9(12(10)15)4-3-8-6-18-14(17)19-7-8/h3-7H,1-2H3/b4-3+. The molecule has 0 spiro atoms. The van der Waals surface area contributed by atoms with Gasteiger partial charge in [0.2, 0.25) is 5.28 Å². The molecule has 1 aromatic heterocycles. The van der Waals surface area contributed by atoms with E-state index < -0.39 is 0 Å². The molecular formula is C14H11Cl3N2O2. The summed E-state index contributed by atoms with van der Waals surface area (Å²) in [4.78, 5) is 7.78. The highest BCUT2D eigenvalue weighted by molar-refractivity contribution is 6.39. The molecule has 0 aliphatic rings. The number of aromatic nitrogens is 2. The van der Waals surface area contributed by atoms with Crippen LogP contribution < -0.4 is 9.47 Å². The first-order chi connectivity index (χ1) is 10.1. The molecule has 0 bridgehead atoms. The number of nitrogens with zero attached hydrogens (tertiary/aromatic N) is 2. The van der Waals surface area contributed by atoms with Gasteiger partial charge in [-0.15, -0.1) is 0 Å². The molecule has 0 aliphatic heterocycles. The summed E-state index contributed by atoms with van der Waals surface area (Å²) in [6.45, 7) is 0. The molecule has 110 valence electrons. The number of methoxy groups -OCH3 is 2. The first-order valence-corrected chi connectivity index (χ1v) is 6.95. The van der Waals surface area contributed by atoms with E-state index in [1.807, 2.05) is 0 Å². The predicted molar refractivity (Wildman–Crippen MR) is 85.5 cm³/mol. The Kier molecular flexibility index (Phi) is 5.28. The number of rotatable bonds is 4. The topological polar surface area (TPSA) is 44.2 Å². The van der Waals surface area contributed by atoms with Crippen molar-refractivity contribution in [2.75, 3.05) is 14.2 Å². The van der Waals surface area contributed by atoms with Crippen LogP contribution in [-0.4, -0.2) is 24.2 Å². The fourth-order valence-corrected chi connectivity index (χ4v) is 2.36. The average molecular weight is 346 g/mol. The molecule has 1 heterocycles. The molecule has 0 amide bonds. The SMILES string of the molecule is COc1cc(OC)c(Cl)c(/C=C/c2cnc(Cl)nc2)c1Cl. The summed E-state index contributed by atoms with van der Waals surface area (Å²) >= 11 is 18.2. The van der Waals surface area contributed by atoms with E-state index >= 15 is 0 Å². The molecule has 1 aromatic carbocycles. The summed E-state index contributed by atoms with van der Waals surface area (Å²) in [6.07, 6.45) is 6.68. The van der Waals surface area contributed by atoms with E-state index in [-0.39, 0.29) is 5.28 Å². The van der Waals surface area contributed by atoms with Gasteiger partial charge in [-0.3, -0.25) is 0 Å². The van der Waals surface area contributed by atoms with Crippen molar-refractivity contribution in [3.8, 4) is 11.5 Å². The van der Waals surface area contributed by atoms with Gasteiger partial charge in [0.25, 0.3) is 0 Å². The lowest BCUT2D eigenvalue weighted by atomic mass is 10.1. The summed E-state index contributed by atoms with van der Waals surface area (Å²) in [5.74, 6) is 0.954. The van der Waals surface area contributed by atoms with Gasteiger partial charge in [0.05, 0.1) is 24.3 Å². The zero-order chi connectivity index (χ0) is 15.4. The number of ether oxygens (including phenoxy) is 2. The van der Waals surface area contributed by atoms with Gasteiger partial charge < -0.3 is 9.47 Å². The van der Waals surface area contributed by atoms with E-state index in [0.29, 0.717) is 27.1 Å². The number of hydrogen-bond acceptors (Lipinski definition) is 4. The van der Waals surface area contributed by atoms with Crippen molar-refractivity contribution < 1.29 is 9.47 Å². The van der Waals surface area contributed by atoms with Crippen LogP contribution in [0.3, 0.4) is 0 Å². The summed E-state index contributed by atoms with van der Waals surface area (Å²) in [5, 5.41) is 0.982. The van der Waals surface area contributed by atoms with Crippen molar-refractivity contribution in [3.63, 3.8) is 0 Å².